The average Bonchev–Trinajstić information content (AvgIpc) is 2.20. The van der Waals surface area contributed by atoms with Crippen LogP contribution < -0.4 is 0 Å². The number of carbonyl (C=O) groups excluding carboxylic acids is 3. The van der Waals surface area contributed by atoms with Crippen molar-refractivity contribution < 1.29 is 14.4 Å². The normalized spacial score (nSPS) is 23.0. The molecule has 15 heavy (non-hydrogen) atoms. The van der Waals surface area contributed by atoms with Crippen LogP contribution in [0.3, 0.4) is 0 Å². The fraction of sp³-hybridized carbons (Fsp3) is 0.700. The van der Waals surface area contributed by atoms with E-state index in [9.17, 15) is 14.4 Å². The van der Waals surface area contributed by atoms with Crippen LogP contribution in [0.25, 0.3) is 0 Å². The summed E-state index contributed by atoms with van der Waals surface area (Å²) in [7, 11) is 1.68. The van der Waals surface area contributed by atoms with Crippen LogP contribution in [0, 0.1) is 0 Å². The van der Waals surface area contributed by atoms with E-state index in [4.69, 9.17) is 0 Å². The lowest BCUT2D eigenvalue weighted by Gasteiger charge is -2.25. The second kappa shape index (κ2) is 4.42. The standard InChI is InChI=1S/C10H16N2O3/c1-7-5-12(6-8(2)13)10(15)4-9(14)11(7)3/h7H,4-6H2,1-3H3. The lowest BCUT2D eigenvalue weighted by molar-refractivity contribution is -0.138. The lowest BCUT2D eigenvalue weighted by Crippen LogP contribution is -2.40. The summed E-state index contributed by atoms with van der Waals surface area (Å²) >= 11 is 0. The minimum Gasteiger partial charge on any atom is -0.341 e. The van der Waals surface area contributed by atoms with Gasteiger partial charge in [0.1, 0.15) is 12.2 Å². The topological polar surface area (TPSA) is 57.7 Å². The van der Waals surface area contributed by atoms with Crippen molar-refractivity contribution in [2.24, 2.45) is 0 Å². The molecule has 0 aromatic carbocycles. The van der Waals surface area contributed by atoms with Crippen molar-refractivity contribution in [1.82, 2.24) is 9.80 Å². The Labute approximate surface area is 89.0 Å². The molecule has 0 spiro atoms. The Hall–Kier alpha value is -1.39. The molecule has 1 fully saturated rings. The van der Waals surface area contributed by atoms with Gasteiger partial charge in [0.25, 0.3) is 0 Å². The van der Waals surface area contributed by atoms with Crippen LogP contribution in [-0.4, -0.2) is 53.6 Å². The summed E-state index contributed by atoms with van der Waals surface area (Å²) in [5, 5.41) is 0. The van der Waals surface area contributed by atoms with E-state index in [-0.39, 0.29) is 36.6 Å². The molecule has 84 valence electrons. The number of hydrogen-bond acceptors (Lipinski definition) is 3. The van der Waals surface area contributed by atoms with Crippen LogP contribution in [0.15, 0.2) is 0 Å². The van der Waals surface area contributed by atoms with E-state index in [1.54, 1.807) is 11.9 Å². The first-order valence-corrected chi connectivity index (χ1v) is 4.94. The third kappa shape index (κ3) is 2.78. The Morgan fingerprint density at radius 3 is 2.53 bits per heavy atom. The van der Waals surface area contributed by atoms with Crippen LogP contribution in [-0.2, 0) is 14.4 Å². The molecule has 1 atom stereocenters. The van der Waals surface area contributed by atoms with Crippen LogP contribution in [0.1, 0.15) is 20.3 Å². The highest BCUT2D eigenvalue weighted by molar-refractivity contribution is 5.99. The number of hydrogen-bond donors (Lipinski definition) is 0. The van der Waals surface area contributed by atoms with Gasteiger partial charge in [0.15, 0.2) is 0 Å². The molecule has 1 aliphatic heterocycles. The summed E-state index contributed by atoms with van der Waals surface area (Å²) < 4.78 is 0. The summed E-state index contributed by atoms with van der Waals surface area (Å²) in [4.78, 5) is 37.0. The maximum atomic E-state index is 11.6. The van der Waals surface area contributed by atoms with Crippen molar-refractivity contribution in [3.63, 3.8) is 0 Å². The Bertz CT molecular complexity index is 301. The van der Waals surface area contributed by atoms with Crippen molar-refractivity contribution in [3.05, 3.63) is 0 Å². The highest BCUT2D eigenvalue weighted by Crippen LogP contribution is 2.09. The Balaban J connectivity index is 2.78. The Morgan fingerprint density at radius 2 is 2.00 bits per heavy atom. The summed E-state index contributed by atoms with van der Waals surface area (Å²) in [6.07, 6.45) is -0.131. The van der Waals surface area contributed by atoms with Gasteiger partial charge in [-0.15, -0.1) is 0 Å². The molecule has 5 nitrogen and oxygen atoms in total. The predicted octanol–water partition coefficient (Wildman–Crippen LogP) is -0.345. The highest BCUT2D eigenvalue weighted by Gasteiger charge is 2.29. The molecule has 0 bridgehead atoms. The first-order valence-electron chi connectivity index (χ1n) is 4.94. The lowest BCUT2D eigenvalue weighted by atomic mass is 10.3. The Morgan fingerprint density at radius 1 is 1.40 bits per heavy atom. The minimum absolute atomic E-state index is 0.0386. The molecular weight excluding hydrogens is 196 g/mol. The highest BCUT2D eigenvalue weighted by atomic mass is 16.2. The van der Waals surface area contributed by atoms with E-state index in [1.807, 2.05) is 6.92 Å². The summed E-state index contributed by atoms with van der Waals surface area (Å²) in [6.45, 7) is 3.84. The summed E-state index contributed by atoms with van der Waals surface area (Å²) in [5.74, 6) is -0.502. The van der Waals surface area contributed by atoms with Gasteiger partial charge in [-0.05, 0) is 13.8 Å². The molecule has 1 unspecified atom stereocenters. The van der Waals surface area contributed by atoms with E-state index in [0.29, 0.717) is 6.54 Å². The zero-order chi connectivity index (χ0) is 11.6. The van der Waals surface area contributed by atoms with Crippen molar-refractivity contribution in [2.75, 3.05) is 20.1 Å². The van der Waals surface area contributed by atoms with Gasteiger partial charge >= 0.3 is 0 Å². The number of ketones is 1. The maximum Gasteiger partial charge on any atom is 0.232 e. The first kappa shape index (κ1) is 11.7. The van der Waals surface area contributed by atoms with Gasteiger partial charge < -0.3 is 9.80 Å². The number of Topliss-reactive ketones (excluding diaryl/α,β-unsaturated/α-hetero) is 1. The minimum atomic E-state index is -0.258. The SMILES string of the molecule is CC(=O)CN1CC(C)N(C)C(=O)CC1=O. The van der Waals surface area contributed by atoms with Crippen molar-refractivity contribution >= 4 is 17.6 Å². The molecular formula is C10H16N2O3. The van der Waals surface area contributed by atoms with Crippen molar-refractivity contribution in [1.29, 1.82) is 0 Å². The van der Waals surface area contributed by atoms with Gasteiger partial charge in [-0.3, -0.25) is 14.4 Å². The zero-order valence-corrected chi connectivity index (χ0v) is 9.32. The maximum absolute atomic E-state index is 11.6. The van der Waals surface area contributed by atoms with E-state index in [1.165, 1.54) is 11.8 Å². The molecule has 0 aliphatic carbocycles. The molecule has 0 aromatic rings. The number of rotatable bonds is 2. The number of amides is 2. The van der Waals surface area contributed by atoms with E-state index in [2.05, 4.69) is 0 Å². The molecule has 0 radical (unpaired) electrons. The van der Waals surface area contributed by atoms with Crippen molar-refractivity contribution in [3.8, 4) is 0 Å². The molecule has 1 saturated heterocycles. The van der Waals surface area contributed by atoms with Crippen LogP contribution in [0.2, 0.25) is 0 Å². The molecule has 0 saturated carbocycles. The Kier molecular flexibility index (Phi) is 3.44. The molecule has 1 rings (SSSR count). The van der Waals surface area contributed by atoms with Gasteiger partial charge in [0, 0.05) is 19.6 Å². The van der Waals surface area contributed by atoms with Gasteiger partial charge in [-0.1, -0.05) is 0 Å². The molecule has 1 aliphatic rings. The van der Waals surface area contributed by atoms with Gasteiger partial charge in [0.05, 0.1) is 6.54 Å². The van der Waals surface area contributed by atoms with Crippen LogP contribution in [0.4, 0.5) is 0 Å². The molecule has 0 N–H and O–H groups in total. The van der Waals surface area contributed by atoms with Crippen LogP contribution >= 0.6 is 0 Å². The number of carbonyl (C=O) groups is 3. The quantitative estimate of drug-likeness (QED) is 0.588. The number of likely N-dealkylation sites (N-methyl/N-ethyl adjacent to an activating group) is 1. The first-order chi connectivity index (χ1) is 6.91. The smallest absolute Gasteiger partial charge is 0.232 e. The second-order valence-electron chi connectivity index (χ2n) is 4.01. The largest absolute Gasteiger partial charge is 0.341 e. The summed E-state index contributed by atoms with van der Waals surface area (Å²) in [5.41, 5.74) is 0. The molecule has 0 aromatic heterocycles. The van der Waals surface area contributed by atoms with E-state index < -0.39 is 0 Å². The predicted molar refractivity (Wildman–Crippen MR) is 54.1 cm³/mol. The van der Waals surface area contributed by atoms with Crippen LogP contribution in [0.5, 0.6) is 0 Å². The fourth-order valence-electron chi connectivity index (χ4n) is 1.58. The van der Waals surface area contributed by atoms with Gasteiger partial charge in [0.2, 0.25) is 11.8 Å². The monoisotopic (exact) mass is 212 g/mol. The zero-order valence-electron chi connectivity index (χ0n) is 9.32. The average molecular weight is 212 g/mol. The molecule has 5 heteroatoms. The second-order valence-corrected chi connectivity index (χ2v) is 4.01. The third-order valence-corrected chi connectivity index (χ3v) is 2.61. The summed E-state index contributed by atoms with van der Waals surface area (Å²) in [6, 6.07) is -0.0386. The third-order valence-electron chi connectivity index (χ3n) is 2.61. The van der Waals surface area contributed by atoms with Gasteiger partial charge in [-0.25, -0.2) is 0 Å². The van der Waals surface area contributed by atoms with E-state index in [0.717, 1.165) is 0 Å². The molecule has 1 heterocycles. The van der Waals surface area contributed by atoms with Gasteiger partial charge in [-0.2, -0.15) is 0 Å². The fourth-order valence-corrected chi connectivity index (χ4v) is 1.58. The molecule has 2 amide bonds. The van der Waals surface area contributed by atoms with Crippen molar-refractivity contribution in [2.45, 2.75) is 26.3 Å². The van der Waals surface area contributed by atoms with E-state index >= 15 is 0 Å². The number of nitrogens with zero attached hydrogens (tertiary/aromatic N) is 2.